The molecule has 1 aromatic carbocycles. The van der Waals surface area contributed by atoms with Crippen LogP contribution in [-0.2, 0) is 17.6 Å². The molecule has 0 spiro atoms. The maximum absolute atomic E-state index is 12.5. The molecule has 1 aliphatic rings. The fourth-order valence-electron chi connectivity index (χ4n) is 2.34. The Kier molecular flexibility index (Phi) is 3.66. The summed E-state index contributed by atoms with van der Waals surface area (Å²) in [6.07, 6.45) is 1.35. The van der Waals surface area contributed by atoms with E-state index in [9.17, 15) is 13.3 Å². The molecule has 0 saturated heterocycles. The second kappa shape index (κ2) is 5.31. The zero-order valence-corrected chi connectivity index (χ0v) is 11.7. The van der Waals surface area contributed by atoms with Crippen molar-refractivity contribution in [2.24, 2.45) is 0 Å². The molecule has 106 valence electrons. The molecule has 1 aliphatic heterocycles. The van der Waals surface area contributed by atoms with Crippen LogP contribution in [0.3, 0.4) is 0 Å². The van der Waals surface area contributed by atoms with E-state index >= 15 is 0 Å². The molecule has 0 bridgehead atoms. The molecule has 4 nitrogen and oxygen atoms in total. The van der Waals surface area contributed by atoms with Crippen LogP contribution in [0.5, 0.6) is 0 Å². The first kappa shape index (κ1) is 13.8. The van der Waals surface area contributed by atoms with E-state index in [1.54, 1.807) is 10.7 Å². The van der Waals surface area contributed by atoms with Crippen molar-refractivity contribution in [2.75, 3.05) is 0 Å². The van der Waals surface area contributed by atoms with Gasteiger partial charge in [-0.1, -0.05) is 29.8 Å². The van der Waals surface area contributed by atoms with E-state index in [2.05, 4.69) is 10.1 Å². The van der Waals surface area contributed by atoms with Gasteiger partial charge in [0.25, 0.3) is 0 Å². The topological polar surface area (TPSA) is 53.8 Å². The van der Waals surface area contributed by atoms with Crippen LogP contribution in [0, 0.1) is 0 Å². The SMILES string of the molecule is [O-][S@+](c1nc2n(n1)[C@H](c1ccccc1Cl)CC2)C(F)F. The Morgan fingerprint density at radius 3 is 2.85 bits per heavy atom. The van der Waals surface area contributed by atoms with Crippen LogP contribution < -0.4 is 0 Å². The number of nitrogens with zero attached hydrogens (tertiary/aromatic N) is 3. The van der Waals surface area contributed by atoms with Crippen molar-refractivity contribution in [2.45, 2.75) is 29.8 Å². The van der Waals surface area contributed by atoms with Crippen LogP contribution in [0.2, 0.25) is 5.02 Å². The van der Waals surface area contributed by atoms with E-state index in [1.165, 1.54) is 0 Å². The summed E-state index contributed by atoms with van der Waals surface area (Å²) in [4.78, 5) is 3.95. The summed E-state index contributed by atoms with van der Waals surface area (Å²) in [6.45, 7) is 0. The van der Waals surface area contributed by atoms with Crippen molar-refractivity contribution in [3.8, 4) is 0 Å². The molecular weight excluding hydrogens is 308 g/mol. The Morgan fingerprint density at radius 2 is 2.15 bits per heavy atom. The fraction of sp³-hybridized carbons (Fsp3) is 0.333. The number of hydrogen-bond donors (Lipinski definition) is 0. The van der Waals surface area contributed by atoms with Crippen LogP contribution in [0.1, 0.15) is 23.9 Å². The summed E-state index contributed by atoms with van der Waals surface area (Å²) in [7, 11) is 0. The van der Waals surface area contributed by atoms with Gasteiger partial charge in [-0.2, -0.15) is 13.8 Å². The summed E-state index contributed by atoms with van der Waals surface area (Å²) >= 11 is 3.67. The summed E-state index contributed by atoms with van der Waals surface area (Å²) in [5, 5.41) is 4.26. The molecule has 0 saturated carbocycles. The molecule has 2 atom stereocenters. The quantitative estimate of drug-likeness (QED) is 0.818. The van der Waals surface area contributed by atoms with Crippen LogP contribution in [0.4, 0.5) is 8.78 Å². The molecule has 0 unspecified atom stereocenters. The van der Waals surface area contributed by atoms with Crippen molar-refractivity contribution >= 4 is 22.8 Å². The first-order valence-corrected chi connectivity index (χ1v) is 7.55. The molecule has 1 aromatic heterocycles. The highest BCUT2D eigenvalue weighted by atomic mass is 35.5. The van der Waals surface area contributed by atoms with Crippen LogP contribution in [0.25, 0.3) is 0 Å². The Bertz CT molecular complexity index is 637. The fourth-order valence-corrected chi connectivity index (χ4v) is 3.12. The van der Waals surface area contributed by atoms with Crippen LogP contribution in [0.15, 0.2) is 29.4 Å². The number of hydrogen-bond acceptors (Lipinski definition) is 3. The second-order valence-electron chi connectivity index (χ2n) is 4.39. The van der Waals surface area contributed by atoms with Gasteiger partial charge < -0.3 is 4.55 Å². The van der Waals surface area contributed by atoms with Gasteiger partial charge in [0.1, 0.15) is 5.82 Å². The van der Waals surface area contributed by atoms with Gasteiger partial charge in [0, 0.05) is 11.4 Å². The molecule has 20 heavy (non-hydrogen) atoms. The van der Waals surface area contributed by atoms with Crippen LogP contribution >= 0.6 is 11.6 Å². The van der Waals surface area contributed by atoms with Crippen LogP contribution in [-0.4, -0.2) is 25.1 Å². The van der Waals surface area contributed by atoms with E-state index in [-0.39, 0.29) is 11.2 Å². The molecule has 0 aliphatic carbocycles. The van der Waals surface area contributed by atoms with Gasteiger partial charge >= 0.3 is 10.9 Å². The molecule has 0 amide bonds. The Hall–Kier alpha value is -1.18. The first-order chi connectivity index (χ1) is 9.58. The lowest BCUT2D eigenvalue weighted by molar-refractivity contribution is 0.233. The van der Waals surface area contributed by atoms with Crippen molar-refractivity contribution < 1.29 is 13.3 Å². The van der Waals surface area contributed by atoms with Gasteiger partial charge in [0.15, 0.2) is 0 Å². The van der Waals surface area contributed by atoms with Gasteiger partial charge in [0.05, 0.1) is 17.2 Å². The van der Waals surface area contributed by atoms with Crippen molar-refractivity contribution in [1.82, 2.24) is 14.8 Å². The smallest absolute Gasteiger partial charge is 0.405 e. The Morgan fingerprint density at radius 1 is 1.40 bits per heavy atom. The van der Waals surface area contributed by atoms with Gasteiger partial charge in [-0.05, 0) is 18.1 Å². The van der Waals surface area contributed by atoms with E-state index in [4.69, 9.17) is 11.6 Å². The summed E-state index contributed by atoms with van der Waals surface area (Å²) in [6, 6.07) is 7.17. The second-order valence-corrected chi connectivity index (χ2v) is 6.11. The van der Waals surface area contributed by atoms with E-state index in [1.807, 2.05) is 18.2 Å². The lowest BCUT2D eigenvalue weighted by Crippen LogP contribution is -2.15. The normalized spacial score (nSPS) is 19.4. The van der Waals surface area contributed by atoms with Gasteiger partial charge in [0.2, 0.25) is 0 Å². The van der Waals surface area contributed by atoms with Gasteiger partial charge in [-0.3, -0.25) is 0 Å². The minimum absolute atomic E-state index is 0.144. The summed E-state index contributed by atoms with van der Waals surface area (Å²) in [5.41, 5.74) is 0.868. The predicted octanol–water partition coefficient (Wildman–Crippen LogP) is 2.80. The largest absolute Gasteiger partial charge is 0.604 e. The van der Waals surface area contributed by atoms with E-state index in [0.29, 0.717) is 17.3 Å². The number of alkyl halides is 2. The predicted molar refractivity (Wildman–Crippen MR) is 70.3 cm³/mol. The minimum Gasteiger partial charge on any atom is -0.604 e. The summed E-state index contributed by atoms with van der Waals surface area (Å²) in [5.74, 6) is -2.41. The molecule has 8 heteroatoms. The average Bonchev–Trinajstić information content (AvgIpc) is 2.98. The minimum atomic E-state index is -2.98. The molecule has 0 fully saturated rings. The zero-order chi connectivity index (χ0) is 14.3. The third-order valence-corrected chi connectivity index (χ3v) is 4.43. The molecular formula is C12H10ClF2N3OS. The van der Waals surface area contributed by atoms with E-state index < -0.39 is 16.9 Å². The Balaban J connectivity index is 1.96. The monoisotopic (exact) mass is 317 g/mol. The molecule has 2 heterocycles. The highest BCUT2D eigenvalue weighted by Crippen LogP contribution is 2.34. The van der Waals surface area contributed by atoms with Crippen molar-refractivity contribution in [3.63, 3.8) is 0 Å². The third kappa shape index (κ3) is 2.30. The standard InChI is InChI=1S/C12H10ClF2N3OS/c13-8-4-2-1-3-7(8)9-5-6-10-16-12(17-18(9)10)20(19)11(14)15/h1-4,9,11H,5-6H2/t9-,20-/m0/s1. The average molecular weight is 318 g/mol. The molecule has 0 radical (unpaired) electrons. The van der Waals surface area contributed by atoms with Gasteiger partial charge in [-0.15, -0.1) is 5.10 Å². The first-order valence-electron chi connectivity index (χ1n) is 5.96. The van der Waals surface area contributed by atoms with Crippen molar-refractivity contribution in [3.05, 3.63) is 40.7 Å². The molecule has 0 N–H and O–H groups in total. The lowest BCUT2D eigenvalue weighted by atomic mass is 10.1. The number of aromatic nitrogens is 3. The van der Waals surface area contributed by atoms with E-state index in [0.717, 1.165) is 12.0 Å². The maximum atomic E-state index is 12.5. The maximum Gasteiger partial charge on any atom is 0.405 e. The number of aryl methyl sites for hydroxylation is 1. The highest BCUT2D eigenvalue weighted by molar-refractivity contribution is 7.91. The number of fused-ring (bicyclic) bond motifs is 1. The third-order valence-electron chi connectivity index (χ3n) is 3.23. The molecule has 3 rings (SSSR count). The lowest BCUT2D eigenvalue weighted by Gasteiger charge is -2.13. The highest BCUT2D eigenvalue weighted by Gasteiger charge is 2.34. The number of benzene rings is 1. The Labute approximate surface area is 121 Å². The molecule has 2 aromatic rings. The zero-order valence-electron chi connectivity index (χ0n) is 10.2. The summed E-state index contributed by atoms with van der Waals surface area (Å²) < 4.78 is 37.8. The number of halogens is 3. The van der Waals surface area contributed by atoms with Gasteiger partial charge in [-0.25, -0.2) is 4.68 Å². The number of rotatable bonds is 3. The van der Waals surface area contributed by atoms with Crippen molar-refractivity contribution in [1.29, 1.82) is 0 Å².